The third-order valence-electron chi connectivity index (χ3n) is 3.94. The Morgan fingerprint density at radius 1 is 1.46 bits per heavy atom. The molecule has 0 saturated carbocycles. The van der Waals surface area contributed by atoms with Crippen LogP contribution in [0, 0.1) is 0 Å². The van der Waals surface area contributed by atoms with Crippen LogP contribution < -0.4 is 10.2 Å². The molecule has 1 aromatic carbocycles. The van der Waals surface area contributed by atoms with E-state index in [1.165, 1.54) is 4.90 Å². The summed E-state index contributed by atoms with van der Waals surface area (Å²) in [5.41, 5.74) is 0.695. The van der Waals surface area contributed by atoms with Crippen LogP contribution in [0.3, 0.4) is 0 Å². The molecule has 1 aromatic rings. The molecule has 1 N–H and O–H groups in total. The number of ether oxygens (including phenoxy) is 1. The molecule has 1 unspecified atom stereocenters. The van der Waals surface area contributed by atoms with Gasteiger partial charge in [-0.05, 0) is 18.6 Å². The first-order valence-corrected chi connectivity index (χ1v) is 7.95. The van der Waals surface area contributed by atoms with Gasteiger partial charge in [-0.1, -0.05) is 23.7 Å². The maximum atomic E-state index is 12.6. The predicted octanol–water partition coefficient (Wildman–Crippen LogP) is 1.56. The van der Waals surface area contributed by atoms with Gasteiger partial charge in [-0.3, -0.25) is 9.59 Å². The summed E-state index contributed by atoms with van der Waals surface area (Å²) in [5.74, 6) is -0.202. The zero-order valence-corrected chi connectivity index (χ0v) is 15.4. The number of benzene rings is 1. The number of anilines is 1. The number of para-hydroxylation sites is 1. The van der Waals surface area contributed by atoms with Gasteiger partial charge in [-0.15, -0.1) is 12.4 Å². The van der Waals surface area contributed by atoms with Gasteiger partial charge in [0.15, 0.2) is 0 Å². The summed E-state index contributed by atoms with van der Waals surface area (Å²) in [6.07, 6.45) is 0.602. The molecule has 0 aromatic heterocycles. The lowest BCUT2D eigenvalue weighted by atomic mass is 10.2. The number of halogens is 2. The van der Waals surface area contributed by atoms with Crippen LogP contribution in [-0.2, 0) is 14.3 Å². The monoisotopic (exact) mass is 375 g/mol. The third-order valence-corrected chi connectivity index (χ3v) is 4.26. The molecule has 1 heterocycles. The van der Waals surface area contributed by atoms with Crippen LogP contribution in [0.25, 0.3) is 0 Å². The van der Waals surface area contributed by atoms with Crippen molar-refractivity contribution < 1.29 is 14.3 Å². The molecule has 8 heteroatoms. The van der Waals surface area contributed by atoms with Crippen LogP contribution in [0.15, 0.2) is 24.3 Å². The number of carbonyl (C=O) groups excluding carboxylic acids is 2. The highest BCUT2D eigenvalue weighted by Crippen LogP contribution is 2.30. The molecule has 1 aliphatic heterocycles. The summed E-state index contributed by atoms with van der Waals surface area (Å²) in [6.45, 7) is 1.89. The van der Waals surface area contributed by atoms with E-state index in [-0.39, 0.29) is 30.8 Å². The molecule has 1 fully saturated rings. The van der Waals surface area contributed by atoms with Gasteiger partial charge < -0.3 is 19.9 Å². The Bertz CT molecular complexity index is 571. The lowest BCUT2D eigenvalue weighted by molar-refractivity contribution is -0.136. The van der Waals surface area contributed by atoms with E-state index in [0.717, 1.165) is 0 Å². The highest BCUT2D eigenvalue weighted by molar-refractivity contribution is 6.34. The van der Waals surface area contributed by atoms with E-state index in [2.05, 4.69) is 5.32 Å². The summed E-state index contributed by atoms with van der Waals surface area (Å²) in [6, 6.07) is 6.80. The maximum absolute atomic E-state index is 12.6. The minimum absolute atomic E-state index is 0. The first-order chi connectivity index (χ1) is 11.1. The Balaban J connectivity index is 0.00000288. The zero-order valence-electron chi connectivity index (χ0n) is 13.8. The molecule has 24 heavy (non-hydrogen) atoms. The van der Waals surface area contributed by atoms with E-state index in [9.17, 15) is 9.59 Å². The largest absolute Gasteiger partial charge is 0.383 e. The van der Waals surface area contributed by atoms with Crippen molar-refractivity contribution in [3.63, 3.8) is 0 Å². The van der Waals surface area contributed by atoms with Gasteiger partial charge in [0.25, 0.3) is 0 Å². The average Bonchev–Trinajstić information content (AvgIpc) is 2.92. The Morgan fingerprint density at radius 3 is 2.83 bits per heavy atom. The Labute approximate surface area is 153 Å². The van der Waals surface area contributed by atoms with Crippen molar-refractivity contribution in [3.05, 3.63) is 29.3 Å². The Morgan fingerprint density at radius 2 is 2.17 bits per heavy atom. The smallest absolute Gasteiger partial charge is 0.249 e. The second kappa shape index (κ2) is 9.84. The predicted molar refractivity (Wildman–Crippen MR) is 97.0 cm³/mol. The number of carbonyl (C=O) groups is 2. The quantitative estimate of drug-likeness (QED) is 0.734. The Hall–Kier alpha value is -1.34. The number of hydrogen-bond acceptors (Lipinski definition) is 4. The van der Waals surface area contributed by atoms with Gasteiger partial charge >= 0.3 is 0 Å². The van der Waals surface area contributed by atoms with Crippen LogP contribution in [0.1, 0.15) is 6.42 Å². The van der Waals surface area contributed by atoms with Crippen LogP contribution in [0.2, 0.25) is 5.02 Å². The van der Waals surface area contributed by atoms with Crippen molar-refractivity contribution in [2.75, 3.05) is 45.3 Å². The second-order valence-corrected chi connectivity index (χ2v) is 5.83. The first kappa shape index (κ1) is 20.7. The van der Waals surface area contributed by atoms with Gasteiger partial charge in [0.1, 0.15) is 6.04 Å². The fourth-order valence-electron chi connectivity index (χ4n) is 2.60. The fraction of sp³-hybridized carbons (Fsp3) is 0.500. The van der Waals surface area contributed by atoms with Crippen LogP contribution >= 0.6 is 24.0 Å². The normalized spacial score (nSPS) is 16.9. The lowest BCUT2D eigenvalue weighted by Gasteiger charge is -2.24. The van der Waals surface area contributed by atoms with Crippen molar-refractivity contribution in [3.8, 4) is 0 Å². The molecule has 2 amide bonds. The number of likely N-dealkylation sites (N-methyl/N-ethyl adjacent to an activating group) is 1. The molecule has 1 saturated heterocycles. The molecule has 0 aliphatic carbocycles. The van der Waals surface area contributed by atoms with Crippen molar-refractivity contribution in [2.45, 2.75) is 12.5 Å². The van der Waals surface area contributed by atoms with Crippen molar-refractivity contribution >= 4 is 41.5 Å². The minimum atomic E-state index is -0.442. The minimum Gasteiger partial charge on any atom is -0.383 e. The highest BCUT2D eigenvalue weighted by Gasteiger charge is 2.37. The van der Waals surface area contributed by atoms with Crippen molar-refractivity contribution in [2.24, 2.45) is 0 Å². The lowest BCUT2D eigenvalue weighted by Crippen LogP contribution is -2.46. The average molecular weight is 376 g/mol. The van der Waals surface area contributed by atoms with Gasteiger partial charge in [0.2, 0.25) is 11.8 Å². The molecule has 1 atom stereocenters. The topological polar surface area (TPSA) is 61.9 Å². The van der Waals surface area contributed by atoms with Gasteiger partial charge in [-0.2, -0.15) is 0 Å². The summed E-state index contributed by atoms with van der Waals surface area (Å²) >= 11 is 6.16. The molecule has 6 nitrogen and oxygen atoms in total. The molecule has 134 valence electrons. The first-order valence-electron chi connectivity index (χ1n) is 7.57. The molecular weight excluding hydrogens is 353 g/mol. The standard InChI is InChI=1S/C16H22ClN3O3.ClH/c1-19(15(21)11-18-8-10-23-2)14-7-9-20(16(14)22)13-6-4-3-5-12(13)17;/h3-6,14,18H,7-11H2,1-2H3;1H. The summed E-state index contributed by atoms with van der Waals surface area (Å²) < 4.78 is 4.91. The number of methoxy groups -OCH3 is 1. The van der Waals surface area contributed by atoms with E-state index >= 15 is 0 Å². The van der Waals surface area contributed by atoms with Crippen LogP contribution in [-0.4, -0.2) is 63.2 Å². The number of amides is 2. The Kier molecular flexibility index (Phi) is 8.48. The van der Waals surface area contributed by atoms with Crippen molar-refractivity contribution in [1.29, 1.82) is 0 Å². The number of hydrogen-bond donors (Lipinski definition) is 1. The van der Waals surface area contributed by atoms with Gasteiger partial charge in [-0.25, -0.2) is 0 Å². The number of nitrogens with one attached hydrogen (secondary N) is 1. The van der Waals surface area contributed by atoms with E-state index in [1.807, 2.05) is 18.2 Å². The summed E-state index contributed by atoms with van der Waals surface area (Å²) in [5, 5.41) is 3.53. The van der Waals surface area contributed by atoms with E-state index in [0.29, 0.717) is 36.8 Å². The second-order valence-electron chi connectivity index (χ2n) is 5.42. The third kappa shape index (κ3) is 4.83. The summed E-state index contributed by atoms with van der Waals surface area (Å²) in [4.78, 5) is 27.9. The zero-order chi connectivity index (χ0) is 16.8. The van der Waals surface area contributed by atoms with E-state index in [4.69, 9.17) is 16.3 Å². The van der Waals surface area contributed by atoms with E-state index < -0.39 is 6.04 Å². The van der Waals surface area contributed by atoms with E-state index in [1.54, 1.807) is 25.1 Å². The fourth-order valence-corrected chi connectivity index (χ4v) is 2.84. The maximum Gasteiger partial charge on any atom is 0.249 e. The van der Waals surface area contributed by atoms with Gasteiger partial charge in [0, 0.05) is 27.2 Å². The molecule has 0 spiro atoms. The van der Waals surface area contributed by atoms with Crippen LogP contribution in [0.5, 0.6) is 0 Å². The molecule has 1 aliphatic rings. The van der Waals surface area contributed by atoms with Crippen LogP contribution in [0.4, 0.5) is 5.69 Å². The molecule has 0 bridgehead atoms. The highest BCUT2D eigenvalue weighted by atomic mass is 35.5. The number of rotatable bonds is 7. The van der Waals surface area contributed by atoms with Crippen molar-refractivity contribution in [1.82, 2.24) is 10.2 Å². The molecule has 0 radical (unpaired) electrons. The molecular formula is C16H23Cl2N3O3. The molecule has 2 rings (SSSR count). The number of nitrogens with zero attached hydrogens (tertiary/aromatic N) is 2. The summed E-state index contributed by atoms with van der Waals surface area (Å²) in [7, 11) is 3.27. The van der Waals surface area contributed by atoms with Gasteiger partial charge in [0.05, 0.1) is 23.9 Å². The SMILES string of the molecule is COCCNCC(=O)N(C)C1CCN(c2ccccc2Cl)C1=O.Cl.